The molecule has 4 rings (SSSR count). The zero-order valence-electron chi connectivity index (χ0n) is 19.9. The molecule has 2 aromatic carbocycles. The van der Waals surface area contributed by atoms with Gasteiger partial charge in [0.1, 0.15) is 34.8 Å². The van der Waals surface area contributed by atoms with Crippen molar-refractivity contribution in [3.63, 3.8) is 0 Å². The fraction of sp³-hybridized carbons (Fsp3) is 0.269. The molecule has 0 bridgehead atoms. The van der Waals surface area contributed by atoms with Gasteiger partial charge in [0.2, 0.25) is 0 Å². The summed E-state index contributed by atoms with van der Waals surface area (Å²) in [6, 6.07) is 12.2. The smallest absolute Gasteiger partial charge is 0.301 e. The van der Waals surface area contributed by atoms with Gasteiger partial charge in [-0.05, 0) is 55.8 Å². The third kappa shape index (κ3) is 4.44. The van der Waals surface area contributed by atoms with E-state index in [-0.39, 0.29) is 17.2 Å². The maximum absolute atomic E-state index is 13.3. The minimum atomic E-state index is -1.04. The van der Waals surface area contributed by atoms with E-state index < -0.39 is 17.7 Å². The molecule has 1 amide bonds. The van der Waals surface area contributed by atoms with Crippen LogP contribution in [0.5, 0.6) is 17.2 Å². The van der Waals surface area contributed by atoms with Crippen molar-refractivity contribution in [2.24, 2.45) is 0 Å². The Morgan fingerprint density at radius 1 is 1.06 bits per heavy atom. The van der Waals surface area contributed by atoms with Gasteiger partial charge in [-0.15, -0.1) is 0 Å². The van der Waals surface area contributed by atoms with Crippen LogP contribution in [0.2, 0.25) is 0 Å². The highest BCUT2D eigenvalue weighted by Crippen LogP contribution is 2.45. The number of methoxy groups -OCH3 is 2. The fourth-order valence-corrected chi connectivity index (χ4v) is 3.97. The second-order valence-electron chi connectivity index (χ2n) is 7.95. The van der Waals surface area contributed by atoms with E-state index in [0.717, 1.165) is 6.42 Å². The topological polar surface area (TPSA) is 111 Å². The Hall–Kier alpha value is -4.27. The summed E-state index contributed by atoms with van der Waals surface area (Å²) < 4.78 is 21.7. The molecule has 1 N–H and O–H groups in total. The Bertz CT molecular complexity index is 1280. The zero-order valence-corrected chi connectivity index (χ0v) is 19.9. The normalized spacial score (nSPS) is 17.0. The van der Waals surface area contributed by atoms with Crippen molar-refractivity contribution >= 4 is 23.3 Å². The quantitative estimate of drug-likeness (QED) is 0.288. The number of hydrogen-bond acceptors (Lipinski definition) is 8. The van der Waals surface area contributed by atoms with Gasteiger partial charge in [-0.1, -0.05) is 12.1 Å². The van der Waals surface area contributed by atoms with Crippen molar-refractivity contribution in [2.75, 3.05) is 25.7 Å². The number of ether oxygens (including phenoxy) is 3. The van der Waals surface area contributed by atoms with Crippen LogP contribution < -0.4 is 19.1 Å². The lowest BCUT2D eigenvalue weighted by molar-refractivity contribution is -0.132. The van der Waals surface area contributed by atoms with Crippen LogP contribution in [0.3, 0.4) is 0 Å². The van der Waals surface area contributed by atoms with Crippen LogP contribution in [0.4, 0.5) is 5.82 Å². The SMILES string of the molecule is CCCOc1ccc(/C(O)=C2\C(=O)C(=O)N(c3cc(C)on3)C2c2cc(OC)ccc2OC)cc1. The molecule has 1 aliphatic heterocycles. The predicted octanol–water partition coefficient (Wildman–Crippen LogP) is 4.42. The van der Waals surface area contributed by atoms with Crippen molar-refractivity contribution < 1.29 is 33.4 Å². The van der Waals surface area contributed by atoms with E-state index in [4.69, 9.17) is 18.7 Å². The molecule has 1 fully saturated rings. The van der Waals surface area contributed by atoms with Crippen molar-refractivity contribution in [1.82, 2.24) is 5.16 Å². The Labute approximate surface area is 202 Å². The van der Waals surface area contributed by atoms with Crippen LogP contribution in [-0.4, -0.2) is 42.8 Å². The number of carbonyl (C=O) groups excluding carboxylic acids is 2. The van der Waals surface area contributed by atoms with Gasteiger partial charge in [0.25, 0.3) is 5.78 Å². The minimum Gasteiger partial charge on any atom is -0.507 e. The molecule has 0 saturated carbocycles. The number of anilines is 1. The lowest BCUT2D eigenvalue weighted by Gasteiger charge is -2.24. The van der Waals surface area contributed by atoms with Gasteiger partial charge >= 0.3 is 5.91 Å². The second kappa shape index (κ2) is 9.92. The van der Waals surface area contributed by atoms with Crippen LogP contribution in [-0.2, 0) is 9.59 Å². The number of amides is 1. The molecule has 35 heavy (non-hydrogen) atoms. The molecule has 2 heterocycles. The van der Waals surface area contributed by atoms with Gasteiger partial charge in [-0.2, -0.15) is 0 Å². The zero-order chi connectivity index (χ0) is 25.1. The molecule has 3 aromatic rings. The first-order chi connectivity index (χ1) is 16.9. The van der Waals surface area contributed by atoms with E-state index in [2.05, 4.69) is 5.16 Å². The largest absolute Gasteiger partial charge is 0.507 e. The third-order valence-corrected chi connectivity index (χ3v) is 5.64. The number of benzene rings is 2. The lowest BCUT2D eigenvalue weighted by atomic mass is 9.94. The number of carbonyl (C=O) groups is 2. The van der Waals surface area contributed by atoms with Gasteiger partial charge in [0.05, 0.1) is 26.4 Å². The van der Waals surface area contributed by atoms with Crippen LogP contribution in [0.1, 0.15) is 36.3 Å². The Balaban J connectivity index is 1.91. The fourth-order valence-electron chi connectivity index (χ4n) is 3.97. The van der Waals surface area contributed by atoms with E-state index >= 15 is 0 Å². The van der Waals surface area contributed by atoms with E-state index in [0.29, 0.717) is 40.7 Å². The molecule has 1 unspecified atom stereocenters. The first-order valence-corrected chi connectivity index (χ1v) is 11.1. The van der Waals surface area contributed by atoms with E-state index in [1.807, 2.05) is 6.92 Å². The Kier molecular flexibility index (Phi) is 6.77. The number of nitrogens with zero attached hydrogens (tertiary/aromatic N) is 2. The van der Waals surface area contributed by atoms with Crippen molar-refractivity contribution in [3.05, 3.63) is 71.0 Å². The number of aliphatic hydroxyl groups excluding tert-OH is 1. The lowest BCUT2D eigenvalue weighted by Crippen LogP contribution is -2.30. The molecule has 9 heteroatoms. The number of hydrogen-bond donors (Lipinski definition) is 1. The number of ketones is 1. The summed E-state index contributed by atoms with van der Waals surface area (Å²) in [5.74, 6) is 0.0814. The Morgan fingerprint density at radius 3 is 2.37 bits per heavy atom. The first kappa shape index (κ1) is 23.9. The molecule has 1 saturated heterocycles. The van der Waals surface area contributed by atoms with Crippen molar-refractivity contribution in [1.29, 1.82) is 0 Å². The van der Waals surface area contributed by atoms with Crippen LogP contribution >= 0.6 is 0 Å². The second-order valence-corrected chi connectivity index (χ2v) is 7.95. The van der Waals surface area contributed by atoms with Crippen molar-refractivity contribution in [3.8, 4) is 17.2 Å². The summed E-state index contributed by atoms with van der Waals surface area (Å²) in [7, 11) is 2.98. The molecule has 0 radical (unpaired) electrons. The number of Topliss-reactive ketones (excluding diaryl/α,β-unsaturated/α-hetero) is 1. The van der Waals surface area contributed by atoms with E-state index in [1.54, 1.807) is 55.5 Å². The maximum Gasteiger partial charge on any atom is 0.301 e. The molecular weight excluding hydrogens is 452 g/mol. The van der Waals surface area contributed by atoms with Crippen LogP contribution in [0.25, 0.3) is 5.76 Å². The molecule has 1 aliphatic rings. The summed E-state index contributed by atoms with van der Waals surface area (Å²) in [6.45, 7) is 4.24. The van der Waals surface area contributed by atoms with Crippen LogP contribution in [0.15, 0.2) is 58.6 Å². The van der Waals surface area contributed by atoms with Crippen molar-refractivity contribution in [2.45, 2.75) is 26.3 Å². The average molecular weight is 479 g/mol. The van der Waals surface area contributed by atoms with Gasteiger partial charge in [0.15, 0.2) is 5.82 Å². The standard InChI is InChI=1S/C26H26N2O7/c1-5-12-34-17-8-6-16(7-9-17)24(29)22-23(19-14-18(32-3)10-11-20(19)33-4)28(26(31)25(22)30)21-13-15(2)35-27-21/h6-11,13-14,23,29H,5,12H2,1-4H3/b24-22+. The summed E-state index contributed by atoms with van der Waals surface area (Å²) in [4.78, 5) is 27.7. The highest BCUT2D eigenvalue weighted by atomic mass is 16.5. The highest BCUT2D eigenvalue weighted by molar-refractivity contribution is 6.51. The summed E-state index contributed by atoms with van der Waals surface area (Å²) in [5.41, 5.74) is 0.690. The predicted molar refractivity (Wildman–Crippen MR) is 128 cm³/mol. The molecular formula is C26H26N2O7. The summed E-state index contributed by atoms with van der Waals surface area (Å²) >= 11 is 0. The number of aryl methyl sites for hydroxylation is 1. The summed E-state index contributed by atoms with van der Waals surface area (Å²) in [6.07, 6.45) is 0.856. The molecule has 9 nitrogen and oxygen atoms in total. The first-order valence-electron chi connectivity index (χ1n) is 11.1. The third-order valence-electron chi connectivity index (χ3n) is 5.64. The van der Waals surface area contributed by atoms with Gasteiger partial charge in [-0.3, -0.25) is 14.5 Å². The number of rotatable bonds is 8. The van der Waals surface area contributed by atoms with Gasteiger partial charge in [-0.25, -0.2) is 0 Å². The van der Waals surface area contributed by atoms with Gasteiger partial charge < -0.3 is 23.8 Å². The molecule has 182 valence electrons. The Morgan fingerprint density at radius 2 is 1.77 bits per heavy atom. The minimum absolute atomic E-state index is 0.107. The molecule has 0 spiro atoms. The number of aromatic nitrogens is 1. The molecule has 0 aliphatic carbocycles. The monoisotopic (exact) mass is 478 g/mol. The van der Waals surface area contributed by atoms with E-state index in [9.17, 15) is 14.7 Å². The van der Waals surface area contributed by atoms with Gasteiger partial charge in [0, 0.05) is 17.2 Å². The number of aliphatic hydroxyl groups is 1. The molecule has 1 atom stereocenters. The average Bonchev–Trinajstić information content (AvgIpc) is 3.42. The van der Waals surface area contributed by atoms with Crippen LogP contribution in [0, 0.1) is 6.92 Å². The highest BCUT2D eigenvalue weighted by Gasteiger charge is 2.49. The van der Waals surface area contributed by atoms with E-state index in [1.165, 1.54) is 19.1 Å². The molecule has 1 aromatic heterocycles. The maximum atomic E-state index is 13.3. The summed E-state index contributed by atoms with van der Waals surface area (Å²) in [5, 5.41) is 15.2.